The highest BCUT2D eigenvalue weighted by atomic mass is 15.2. The quantitative estimate of drug-likeness (QED) is 0.788. The van der Waals surface area contributed by atoms with Crippen LogP contribution in [0, 0.1) is 17.8 Å². The van der Waals surface area contributed by atoms with E-state index in [2.05, 4.69) is 37.9 Å². The van der Waals surface area contributed by atoms with Gasteiger partial charge in [-0.05, 0) is 37.3 Å². The summed E-state index contributed by atoms with van der Waals surface area (Å²) in [5, 5.41) is 3.77. The second-order valence-electron chi connectivity index (χ2n) is 5.93. The van der Waals surface area contributed by atoms with Crippen LogP contribution in [-0.2, 0) is 0 Å². The van der Waals surface area contributed by atoms with Crippen LogP contribution >= 0.6 is 0 Å². The van der Waals surface area contributed by atoms with Gasteiger partial charge in [0.2, 0.25) is 0 Å². The summed E-state index contributed by atoms with van der Waals surface area (Å²) in [6.07, 6.45) is 2.77. The molecule has 0 saturated carbocycles. The van der Waals surface area contributed by atoms with Crippen LogP contribution in [0.25, 0.3) is 0 Å². The molecule has 3 aliphatic heterocycles. The molecule has 0 radical (unpaired) electrons. The first-order valence-electron chi connectivity index (χ1n) is 7.16. The van der Waals surface area contributed by atoms with Crippen LogP contribution in [0.5, 0.6) is 0 Å². The molecular weight excluding hydrogens is 196 g/mol. The Hall–Kier alpha value is -0.0800. The van der Waals surface area contributed by atoms with Crippen LogP contribution in [-0.4, -0.2) is 36.6 Å². The molecule has 3 rings (SSSR count). The molecule has 3 aliphatic rings. The third-order valence-corrected chi connectivity index (χ3v) is 4.72. The van der Waals surface area contributed by atoms with Gasteiger partial charge in [-0.2, -0.15) is 0 Å². The Morgan fingerprint density at radius 3 is 2.62 bits per heavy atom. The van der Waals surface area contributed by atoms with Gasteiger partial charge in [-0.15, -0.1) is 0 Å². The number of piperidine rings is 3. The molecule has 3 saturated heterocycles. The number of nitrogens with zero attached hydrogens (tertiary/aromatic N) is 1. The Morgan fingerprint density at radius 2 is 2.06 bits per heavy atom. The van der Waals surface area contributed by atoms with Gasteiger partial charge in [-0.3, -0.25) is 4.90 Å². The number of likely N-dealkylation sites (N-methyl/N-ethyl adjacent to an activating group) is 1. The molecule has 1 N–H and O–H groups in total. The second kappa shape index (κ2) is 5.05. The number of rotatable bonds is 4. The maximum Gasteiger partial charge on any atom is 0.0275 e. The highest BCUT2D eigenvalue weighted by Crippen LogP contribution is 2.40. The molecule has 16 heavy (non-hydrogen) atoms. The first kappa shape index (κ1) is 12.4. The average molecular weight is 224 g/mol. The van der Waals surface area contributed by atoms with E-state index in [9.17, 15) is 0 Å². The van der Waals surface area contributed by atoms with Crippen molar-refractivity contribution in [3.05, 3.63) is 0 Å². The summed E-state index contributed by atoms with van der Waals surface area (Å²) < 4.78 is 0. The van der Waals surface area contributed by atoms with Gasteiger partial charge in [0, 0.05) is 18.6 Å². The van der Waals surface area contributed by atoms with E-state index in [1.807, 2.05) is 0 Å². The van der Waals surface area contributed by atoms with Crippen LogP contribution < -0.4 is 5.32 Å². The predicted octanol–water partition coefficient (Wildman–Crippen LogP) is 2.35. The van der Waals surface area contributed by atoms with E-state index in [-0.39, 0.29) is 0 Å². The first-order chi connectivity index (χ1) is 7.69. The van der Waals surface area contributed by atoms with Crippen molar-refractivity contribution in [2.24, 2.45) is 17.8 Å². The molecule has 5 atom stereocenters. The molecule has 0 aromatic carbocycles. The third kappa shape index (κ3) is 2.02. The van der Waals surface area contributed by atoms with Gasteiger partial charge in [0.1, 0.15) is 0 Å². The normalized spacial score (nSPS) is 42.9. The van der Waals surface area contributed by atoms with Gasteiger partial charge in [0.05, 0.1) is 0 Å². The molecule has 0 aromatic heterocycles. The van der Waals surface area contributed by atoms with Gasteiger partial charge in [-0.25, -0.2) is 0 Å². The zero-order valence-corrected chi connectivity index (χ0v) is 11.4. The summed E-state index contributed by atoms with van der Waals surface area (Å²) in [6, 6.07) is 1.53. The van der Waals surface area contributed by atoms with Crippen molar-refractivity contribution in [3.8, 4) is 0 Å². The van der Waals surface area contributed by atoms with Crippen molar-refractivity contribution in [2.45, 2.75) is 52.6 Å². The maximum absolute atomic E-state index is 3.77. The first-order valence-corrected chi connectivity index (χ1v) is 7.16. The molecule has 0 aliphatic carbocycles. The van der Waals surface area contributed by atoms with Gasteiger partial charge in [-0.1, -0.05) is 34.1 Å². The molecule has 3 heterocycles. The molecule has 2 nitrogen and oxygen atoms in total. The van der Waals surface area contributed by atoms with E-state index in [1.54, 1.807) is 0 Å². The number of nitrogens with one attached hydrogen (secondary N) is 1. The van der Waals surface area contributed by atoms with E-state index in [1.165, 1.54) is 25.9 Å². The number of hydrogen-bond donors (Lipinski definition) is 1. The molecular formula is C14H28N2. The molecule has 2 bridgehead atoms. The lowest BCUT2D eigenvalue weighted by molar-refractivity contribution is -0.0483. The molecule has 0 spiro atoms. The van der Waals surface area contributed by atoms with Gasteiger partial charge in [0.15, 0.2) is 0 Å². The summed E-state index contributed by atoms with van der Waals surface area (Å²) >= 11 is 0. The fourth-order valence-electron chi connectivity index (χ4n) is 4.08. The minimum Gasteiger partial charge on any atom is -0.312 e. The van der Waals surface area contributed by atoms with E-state index >= 15 is 0 Å². The van der Waals surface area contributed by atoms with E-state index in [0.717, 1.165) is 36.4 Å². The van der Waals surface area contributed by atoms with Gasteiger partial charge < -0.3 is 5.32 Å². The minimum absolute atomic E-state index is 0.748. The van der Waals surface area contributed by atoms with Crippen LogP contribution in [0.4, 0.5) is 0 Å². The van der Waals surface area contributed by atoms with Crippen molar-refractivity contribution in [1.82, 2.24) is 10.2 Å². The summed E-state index contributed by atoms with van der Waals surface area (Å²) in [5.74, 6) is 2.65. The topological polar surface area (TPSA) is 15.3 Å². The second-order valence-corrected chi connectivity index (χ2v) is 5.93. The SMILES string of the molecule is CCNC1C2CCN(CC2CC)C1C(C)C. The lowest BCUT2D eigenvalue weighted by atomic mass is 9.68. The zero-order chi connectivity index (χ0) is 11.7. The molecule has 5 unspecified atom stereocenters. The molecule has 3 fully saturated rings. The summed E-state index contributed by atoms with van der Waals surface area (Å²) in [7, 11) is 0. The fraction of sp³-hybridized carbons (Fsp3) is 1.00. The maximum atomic E-state index is 3.77. The van der Waals surface area contributed by atoms with Crippen LogP contribution in [0.15, 0.2) is 0 Å². The van der Waals surface area contributed by atoms with Crippen LogP contribution in [0.2, 0.25) is 0 Å². The Labute approximate surface area is 101 Å². The Balaban J connectivity index is 2.15. The molecule has 0 aromatic rings. The van der Waals surface area contributed by atoms with E-state index < -0.39 is 0 Å². The average Bonchev–Trinajstić information content (AvgIpc) is 2.29. The Kier molecular flexibility index (Phi) is 3.91. The monoisotopic (exact) mass is 224 g/mol. The van der Waals surface area contributed by atoms with Crippen LogP contribution in [0.1, 0.15) is 40.5 Å². The van der Waals surface area contributed by atoms with Crippen molar-refractivity contribution in [2.75, 3.05) is 19.6 Å². The minimum atomic E-state index is 0.748. The fourth-order valence-corrected chi connectivity index (χ4v) is 4.08. The van der Waals surface area contributed by atoms with Crippen molar-refractivity contribution < 1.29 is 0 Å². The van der Waals surface area contributed by atoms with E-state index in [0.29, 0.717) is 0 Å². The smallest absolute Gasteiger partial charge is 0.0275 e. The molecule has 0 amide bonds. The summed E-state index contributed by atoms with van der Waals surface area (Å²) in [6.45, 7) is 13.2. The van der Waals surface area contributed by atoms with Crippen molar-refractivity contribution >= 4 is 0 Å². The zero-order valence-electron chi connectivity index (χ0n) is 11.4. The molecule has 94 valence electrons. The lowest BCUT2D eigenvalue weighted by Gasteiger charge is -2.56. The highest BCUT2D eigenvalue weighted by molar-refractivity contribution is 5.02. The lowest BCUT2D eigenvalue weighted by Crippen LogP contribution is -2.67. The number of hydrogen-bond acceptors (Lipinski definition) is 2. The third-order valence-electron chi connectivity index (χ3n) is 4.72. The standard InChI is InChI=1S/C14H28N2/c1-5-11-9-16-8-7-12(11)13(15-6-2)14(16)10(3)4/h10-15H,5-9H2,1-4H3. The molecule has 2 heteroatoms. The van der Waals surface area contributed by atoms with Gasteiger partial charge >= 0.3 is 0 Å². The van der Waals surface area contributed by atoms with Crippen molar-refractivity contribution in [1.29, 1.82) is 0 Å². The van der Waals surface area contributed by atoms with Gasteiger partial charge in [0.25, 0.3) is 0 Å². The largest absolute Gasteiger partial charge is 0.312 e. The summed E-state index contributed by atoms with van der Waals surface area (Å²) in [4.78, 5) is 2.76. The predicted molar refractivity (Wildman–Crippen MR) is 69.6 cm³/mol. The van der Waals surface area contributed by atoms with E-state index in [4.69, 9.17) is 0 Å². The summed E-state index contributed by atoms with van der Waals surface area (Å²) in [5.41, 5.74) is 0. The van der Waals surface area contributed by atoms with Crippen LogP contribution in [0.3, 0.4) is 0 Å². The Morgan fingerprint density at radius 1 is 1.31 bits per heavy atom. The van der Waals surface area contributed by atoms with Crippen molar-refractivity contribution in [3.63, 3.8) is 0 Å². The highest BCUT2D eigenvalue weighted by Gasteiger charge is 2.46. The Bertz CT molecular complexity index is 227. The number of fused-ring (bicyclic) bond motifs is 3.